The summed E-state index contributed by atoms with van der Waals surface area (Å²) in [6.45, 7) is -2.97. The van der Waals surface area contributed by atoms with Crippen LogP contribution >= 0.6 is 0 Å². The minimum atomic E-state index is -2.97. The monoisotopic (exact) mass is 393 g/mol. The number of ether oxygens (including phenoxy) is 2. The molecule has 0 bridgehead atoms. The summed E-state index contributed by atoms with van der Waals surface area (Å²) in [5.74, 6) is -1.03. The summed E-state index contributed by atoms with van der Waals surface area (Å²) >= 11 is 0. The van der Waals surface area contributed by atoms with E-state index in [4.69, 9.17) is 10.5 Å². The summed E-state index contributed by atoms with van der Waals surface area (Å²) in [6, 6.07) is 9.65. The van der Waals surface area contributed by atoms with Crippen LogP contribution in [0.15, 0.2) is 47.5 Å². The summed E-state index contributed by atoms with van der Waals surface area (Å²) in [4.78, 5) is 18.7. The van der Waals surface area contributed by atoms with Gasteiger partial charge in [0.2, 0.25) is 0 Å². The maximum Gasteiger partial charge on any atom is 0.387 e. The van der Waals surface area contributed by atoms with Crippen molar-refractivity contribution in [3.8, 4) is 5.75 Å². The first-order valence-electron chi connectivity index (χ1n) is 8.26. The predicted molar refractivity (Wildman–Crippen MR) is 95.4 cm³/mol. The van der Waals surface area contributed by atoms with Crippen LogP contribution in [0.3, 0.4) is 0 Å². The van der Waals surface area contributed by atoms with Gasteiger partial charge in [0.15, 0.2) is 11.5 Å². The molecule has 1 amide bonds. The SMILES string of the molecule is COCc1cc([C@@]2(c3ccc(OC(F)F)cc3)N=C(N)N(C)C2=O)ccc1F. The number of hydrogen-bond acceptors (Lipinski definition) is 5. The lowest BCUT2D eigenvalue weighted by Crippen LogP contribution is -2.41. The Kier molecular flexibility index (Phi) is 5.28. The van der Waals surface area contributed by atoms with Crippen LogP contribution in [-0.4, -0.2) is 37.5 Å². The van der Waals surface area contributed by atoms with E-state index in [1.54, 1.807) is 0 Å². The van der Waals surface area contributed by atoms with Gasteiger partial charge >= 0.3 is 6.61 Å². The topological polar surface area (TPSA) is 77.2 Å². The van der Waals surface area contributed by atoms with E-state index in [9.17, 15) is 18.0 Å². The van der Waals surface area contributed by atoms with Crippen molar-refractivity contribution in [2.75, 3.05) is 14.2 Å². The number of methoxy groups -OCH3 is 1. The summed E-state index contributed by atoms with van der Waals surface area (Å²) in [7, 11) is 2.89. The molecule has 0 radical (unpaired) electrons. The fourth-order valence-electron chi connectivity index (χ4n) is 3.13. The molecule has 1 heterocycles. The van der Waals surface area contributed by atoms with E-state index in [1.807, 2.05) is 0 Å². The average Bonchev–Trinajstić information content (AvgIpc) is 2.89. The highest BCUT2D eigenvalue weighted by Crippen LogP contribution is 2.40. The first kappa shape index (κ1) is 19.7. The van der Waals surface area contributed by atoms with Crippen LogP contribution in [-0.2, 0) is 21.7 Å². The Morgan fingerprint density at radius 2 is 1.82 bits per heavy atom. The lowest BCUT2D eigenvalue weighted by atomic mass is 9.82. The van der Waals surface area contributed by atoms with Gasteiger partial charge in [0, 0.05) is 19.7 Å². The molecule has 6 nitrogen and oxygen atoms in total. The second-order valence-corrected chi connectivity index (χ2v) is 6.19. The molecule has 1 atom stereocenters. The van der Waals surface area contributed by atoms with Crippen LogP contribution in [0.25, 0.3) is 0 Å². The Labute approximate surface area is 159 Å². The summed E-state index contributed by atoms with van der Waals surface area (Å²) in [6.07, 6.45) is 0. The van der Waals surface area contributed by atoms with E-state index in [0.717, 1.165) is 0 Å². The maximum atomic E-state index is 14.1. The molecule has 2 aromatic carbocycles. The van der Waals surface area contributed by atoms with Crippen molar-refractivity contribution < 1.29 is 27.4 Å². The first-order chi connectivity index (χ1) is 13.3. The van der Waals surface area contributed by atoms with E-state index in [2.05, 4.69) is 9.73 Å². The van der Waals surface area contributed by atoms with Crippen molar-refractivity contribution in [3.05, 3.63) is 65.0 Å². The van der Waals surface area contributed by atoms with Crippen LogP contribution in [0.2, 0.25) is 0 Å². The quantitative estimate of drug-likeness (QED) is 0.819. The Morgan fingerprint density at radius 1 is 1.18 bits per heavy atom. The van der Waals surface area contributed by atoms with Gasteiger partial charge in [-0.25, -0.2) is 9.38 Å². The van der Waals surface area contributed by atoms with Crippen molar-refractivity contribution in [1.82, 2.24) is 4.90 Å². The molecule has 0 unspecified atom stereocenters. The van der Waals surface area contributed by atoms with Gasteiger partial charge in [-0.1, -0.05) is 18.2 Å². The molecule has 1 aliphatic rings. The maximum absolute atomic E-state index is 14.1. The van der Waals surface area contributed by atoms with Gasteiger partial charge in [-0.3, -0.25) is 9.69 Å². The second kappa shape index (κ2) is 7.51. The molecular formula is C19H18F3N3O3. The van der Waals surface area contributed by atoms with Gasteiger partial charge in [-0.15, -0.1) is 0 Å². The fourth-order valence-corrected chi connectivity index (χ4v) is 3.13. The number of amides is 1. The minimum absolute atomic E-state index is 0.000145. The van der Waals surface area contributed by atoms with E-state index in [0.29, 0.717) is 11.1 Å². The van der Waals surface area contributed by atoms with Crippen LogP contribution in [0.5, 0.6) is 5.75 Å². The Morgan fingerprint density at radius 3 is 2.36 bits per heavy atom. The van der Waals surface area contributed by atoms with Gasteiger partial charge in [0.05, 0.1) is 6.61 Å². The largest absolute Gasteiger partial charge is 0.435 e. The zero-order valence-electron chi connectivity index (χ0n) is 15.2. The zero-order chi connectivity index (χ0) is 20.5. The highest BCUT2D eigenvalue weighted by Gasteiger charge is 2.49. The lowest BCUT2D eigenvalue weighted by Gasteiger charge is -2.26. The second-order valence-electron chi connectivity index (χ2n) is 6.19. The summed E-state index contributed by atoms with van der Waals surface area (Å²) < 4.78 is 48.3. The number of nitrogens with two attached hydrogens (primary N) is 1. The molecule has 3 rings (SSSR count). The molecule has 2 N–H and O–H groups in total. The Bertz CT molecular complexity index is 918. The van der Waals surface area contributed by atoms with Crippen molar-refractivity contribution in [2.45, 2.75) is 18.8 Å². The molecular weight excluding hydrogens is 375 g/mol. The highest BCUT2D eigenvalue weighted by atomic mass is 19.3. The molecule has 0 fully saturated rings. The fraction of sp³-hybridized carbons (Fsp3) is 0.263. The first-order valence-corrected chi connectivity index (χ1v) is 8.26. The number of halogens is 3. The van der Waals surface area contributed by atoms with Gasteiger partial charge in [0.1, 0.15) is 11.6 Å². The van der Waals surface area contributed by atoms with E-state index in [-0.39, 0.29) is 23.9 Å². The molecule has 0 saturated heterocycles. The lowest BCUT2D eigenvalue weighted by molar-refractivity contribution is -0.129. The number of guanidine groups is 1. The summed E-state index contributed by atoms with van der Waals surface area (Å²) in [5, 5.41) is 0. The van der Waals surface area contributed by atoms with E-state index < -0.39 is 23.9 Å². The van der Waals surface area contributed by atoms with Crippen LogP contribution in [0.4, 0.5) is 13.2 Å². The third kappa shape index (κ3) is 3.29. The van der Waals surface area contributed by atoms with E-state index >= 15 is 0 Å². The predicted octanol–water partition coefficient (Wildman–Crippen LogP) is 2.60. The average molecular weight is 393 g/mol. The van der Waals surface area contributed by atoms with E-state index in [1.165, 1.54) is 61.5 Å². The normalized spacial score (nSPS) is 19.3. The molecule has 0 saturated carbocycles. The van der Waals surface area contributed by atoms with Crippen molar-refractivity contribution >= 4 is 11.9 Å². The van der Waals surface area contributed by atoms with Crippen molar-refractivity contribution in [1.29, 1.82) is 0 Å². The number of carbonyl (C=O) groups is 1. The van der Waals surface area contributed by atoms with Gasteiger partial charge in [-0.2, -0.15) is 8.78 Å². The number of nitrogens with zero attached hydrogens (tertiary/aromatic N) is 2. The number of alkyl halides is 2. The molecule has 0 aromatic heterocycles. The highest BCUT2D eigenvalue weighted by molar-refractivity contribution is 6.08. The third-order valence-corrected chi connectivity index (χ3v) is 4.50. The van der Waals surface area contributed by atoms with Crippen LogP contribution < -0.4 is 10.5 Å². The third-order valence-electron chi connectivity index (χ3n) is 4.50. The molecule has 1 aliphatic heterocycles. The number of likely N-dealkylation sites (N-methyl/N-ethyl adjacent to an activating group) is 1. The number of carbonyl (C=O) groups excluding carboxylic acids is 1. The Hall–Kier alpha value is -3.07. The molecule has 0 spiro atoms. The number of benzene rings is 2. The molecule has 2 aromatic rings. The number of aliphatic imine (C=N–C) groups is 1. The van der Waals surface area contributed by atoms with Gasteiger partial charge in [-0.05, 0) is 35.4 Å². The minimum Gasteiger partial charge on any atom is -0.435 e. The van der Waals surface area contributed by atoms with Gasteiger partial charge in [0.25, 0.3) is 5.91 Å². The number of hydrogen-bond donors (Lipinski definition) is 1. The Balaban J connectivity index is 2.16. The molecule has 9 heteroatoms. The van der Waals surface area contributed by atoms with Gasteiger partial charge < -0.3 is 15.2 Å². The zero-order valence-corrected chi connectivity index (χ0v) is 15.2. The number of rotatable bonds is 6. The smallest absolute Gasteiger partial charge is 0.387 e. The van der Waals surface area contributed by atoms with Crippen LogP contribution in [0, 0.1) is 5.82 Å². The van der Waals surface area contributed by atoms with Crippen molar-refractivity contribution in [2.24, 2.45) is 10.7 Å². The molecule has 148 valence electrons. The standard InChI is InChI=1S/C19H18F3N3O3/c1-25-16(26)19(24-18(25)23,12-3-6-14(7-4-12)28-17(21)22)13-5-8-15(20)11(9-13)10-27-2/h3-9,17H,10H2,1-2H3,(H2,23,24)/t19-/m1/s1. The van der Waals surface area contributed by atoms with Crippen LogP contribution in [0.1, 0.15) is 16.7 Å². The van der Waals surface area contributed by atoms with Crippen molar-refractivity contribution in [3.63, 3.8) is 0 Å². The molecule has 28 heavy (non-hydrogen) atoms. The summed E-state index contributed by atoms with van der Waals surface area (Å²) in [5.41, 5.74) is 5.30. The molecule has 0 aliphatic carbocycles.